The standard InChI is InChI=1S/C9H19NO3S/c1-8(2)14(11,12)10-7-9(3)5-4-6-13-9/h8,10H,4-7H2,1-3H3. The summed E-state index contributed by atoms with van der Waals surface area (Å²) in [6, 6.07) is 0. The Morgan fingerprint density at radius 1 is 1.50 bits per heavy atom. The minimum Gasteiger partial charge on any atom is -0.374 e. The summed E-state index contributed by atoms with van der Waals surface area (Å²) in [7, 11) is -3.15. The average molecular weight is 221 g/mol. The lowest BCUT2D eigenvalue weighted by molar-refractivity contribution is 0.0250. The summed E-state index contributed by atoms with van der Waals surface area (Å²) in [5, 5.41) is -0.382. The van der Waals surface area contributed by atoms with Gasteiger partial charge >= 0.3 is 0 Å². The Balaban J connectivity index is 2.48. The van der Waals surface area contributed by atoms with Gasteiger partial charge in [0.05, 0.1) is 10.9 Å². The molecule has 1 rings (SSSR count). The molecular formula is C9H19NO3S. The van der Waals surface area contributed by atoms with E-state index in [1.54, 1.807) is 13.8 Å². The van der Waals surface area contributed by atoms with Crippen molar-refractivity contribution >= 4 is 10.0 Å². The van der Waals surface area contributed by atoms with E-state index in [9.17, 15) is 8.42 Å². The number of hydrogen-bond acceptors (Lipinski definition) is 3. The van der Waals surface area contributed by atoms with E-state index in [0.29, 0.717) is 6.54 Å². The fourth-order valence-corrected chi connectivity index (χ4v) is 2.24. The number of hydrogen-bond donors (Lipinski definition) is 1. The average Bonchev–Trinajstić information content (AvgIpc) is 2.50. The molecule has 1 fully saturated rings. The van der Waals surface area contributed by atoms with Crippen LogP contribution >= 0.6 is 0 Å². The highest BCUT2D eigenvalue weighted by atomic mass is 32.2. The van der Waals surface area contributed by atoms with E-state index in [2.05, 4.69) is 4.72 Å². The smallest absolute Gasteiger partial charge is 0.214 e. The van der Waals surface area contributed by atoms with Gasteiger partial charge in [0.1, 0.15) is 0 Å². The van der Waals surface area contributed by atoms with Gasteiger partial charge in [-0.2, -0.15) is 0 Å². The van der Waals surface area contributed by atoms with Gasteiger partial charge in [0, 0.05) is 13.2 Å². The van der Waals surface area contributed by atoms with Crippen LogP contribution in [0.3, 0.4) is 0 Å². The van der Waals surface area contributed by atoms with Crippen molar-refractivity contribution in [1.82, 2.24) is 4.72 Å². The van der Waals surface area contributed by atoms with Crippen LogP contribution in [0.15, 0.2) is 0 Å². The Hall–Kier alpha value is -0.130. The van der Waals surface area contributed by atoms with Crippen molar-refractivity contribution in [3.63, 3.8) is 0 Å². The molecule has 1 aliphatic rings. The van der Waals surface area contributed by atoms with E-state index in [-0.39, 0.29) is 10.9 Å². The van der Waals surface area contributed by atoms with Gasteiger partial charge in [0.15, 0.2) is 0 Å². The maximum atomic E-state index is 11.5. The molecule has 14 heavy (non-hydrogen) atoms. The van der Waals surface area contributed by atoms with Crippen molar-refractivity contribution in [2.75, 3.05) is 13.2 Å². The Kier molecular flexibility index (Phi) is 3.55. The Morgan fingerprint density at radius 2 is 2.14 bits per heavy atom. The van der Waals surface area contributed by atoms with E-state index in [0.717, 1.165) is 19.4 Å². The van der Waals surface area contributed by atoms with Gasteiger partial charge in [-0.25, -0.2) is 13.1 Å². The van der Waals surface area contributed by atoms with Gasteiger partial charge in [0.2, 0.25) is 10.0 Å². The molecule has 1 unspecified atom stereocenters. The lowest BCUT2D eigenvalue weighted by Crippen LogP contribution is -2.42. The summed E-state index contributed by atoms with van der Waals surface area (Å²) in [4.78, 5) is 0. The molecule has 1 N–H and O–H groups in total. The predicted molar refractivity (Wildman–Crippen MR) is 55.6 cm³/mol. The molecule has 0 bridgehead atoms. The van der Waals surface area contributed by atoms with Crippen molar-refractivity contribution in [3.05, 3.63) is 0 Å². The highest BCUT2D eigenvalue weighted by molar-refractivity contribution is 7.90. The van der Waals surface area contributed by atoms with Gasteiger partial charge in [-0.1, -0.05) is 0 Å². The van der Waals surface area contributed by atoms with Gasteiger partial charge in [-0.3, -0.25) is 0 Å². The van der Waals surface area contributed by atoms with Crippen LogP contribution in [0.5, 0.6) is 0 Å². The lowest BCUT2D eigenvalue weighted by atomic mass is 10.0. The fraction of sp³-hybridized carbons (Fsp3) is 1.00. The van der Waals surface area contributed by atoms with Crippen LogP contribution in [-0.4, -0.2) is 32.4 Å². The molecule has 0 saturated carbocycles. The maximum absolute atomic E-state index is 11.5. The molecule has 1 atom stereocenters. The van der Waals surface area contributed by atoms with Gasteiger partial charge in [-0.15, -0.1) is 0 Å². The zero-order chi connectivity index (χ0) is 10.8. The third-order valence-electron chi connectivity index (χ3n) is 2.57. The third kappa shape index (κ3) is 2.93. The van der Waals surface area contributed by atoms with E-state index in [1.807, 2.05) is 6.92 Å². The summed E-state index contributed by atoms with van der Waals surface area (Å²) >= 11 is 0. The molecule has 0 aromatic rings. The largest absolute Gasteiger partial charge is 0.374 e. The molecule has 0 radical (unpaired) electrons. The van der Waals surface area contributed by atoms with Crippen molar-refractivity contribution in [3.8, 4) is 0 Å². The number of sulfonamides is 1. The zero-order valence-electron chi connectivity index (χ0n) is 9.04. The summed E-state index contributed by atoms with van der Waals surface area (Å²) in [6.07, 6.45) is 1.94. The van der Waals surface area contributed by atoms with Crippen LogP contribution in [0.25, 0.3) is 0 Å². The zero-order valence-corrected chi connectivity index (χ0v) is 9.86. The monoisotopic (exact) mass is 221 g/mol. The van der Waals surface area contributed by atoms with E-state index in [1.165, 1.54) is 0 Å². The lowest BCUT2D eigenvalue weighted by Gasteiger charge is -2.23. The van der Waals surface area contributed by atoms with Crippen molar-refractivity contribution in [2.24, 2.45) is 0 Å². The van der Waals surface area contributed by atoms with Crippen molar-refractivity contribution < 1.29 is 13.2 Å². The number of rotatable bonds is 4. The molecule has 1 aliphatic heterocycles. The van der Waals surface area contributed by atoms with Gasteiger partial charge < -0.3 is 4.74 Å². The minimum atomic E-state index is -3.15. The van der Waals surface area contributed by atoms with Crippen LogP contribution in [-0.2, 0) is 14.8 Å². The maximum Gasteiger partial charge on any atom is 0.214 e. The summed E-state index contributed by atoms with van der Waals surface area (Å²) in [5.74, 6) is 0. The number of ether oxygens (including phenoxy) is 1. The number of nitrogens with one attached hydrogen (secondary N) is 1. The predicted octanol–water partition coefficient (Wildman–Crippen LogP) is 0.883. The molecule has 4 nitrogen and oxygen atoms in total. The minimum absolute atomic E-state index is 0.304. The van der Waals surface area contributed by atoms with Crippen LogP contribution in [0.2, 0.25) is 0 Å². The molecular weight excluding hydrogens is 202 g/mol. The molecule has 1 saturated heterocycles. The van der Waals surface area contributed by atoms with Crippen molar-refractivity contribution in [2.45, 2.75) is 44.5 Å². The molecule has 84 valence electrons. The summed E-state index contributed by atoms with van der Waals surface area (Å²) in [5.41, 5.74) is -0.304. The molecule has 5 heteroatoms. The first-order valence-electron chi connectivity index (χ1n) is 4.98. The summed E-state index contributed by atoms with van der Waals surface area (Å²) in [6.45, 7) is 6.40. The second kappa shape index (κ2) is 4.16. The van der Waals surface area contributed by atoms with Crippen LogP contribution < -0.4 is 4.72 Å². The highest BCUT2D eigenvalue weighted by Gasteiger charge is 2.31. The molecule has 0 spiro atoms. The van der Waals surface area contributed by atoms with Crippen LogP contribution in [0.4, 0.5) is 0 Å². The highest BCUT2D eigenvalue weighted by Crippen LogP contribution is 2.24. The molecule has 1 heterocycles. The summed E-state index contributed by atoms with van der Waals surface area (Å²) < 4.78 is 31.0. The fourth-order valence-electron chi connectivity index (χ4n) is 1.40. The SMILES string of the molecule is CC(C)S(=O)(=O)NCC1(C)CCCO1. The quantitative estimate of drug-likeness (QED) is 0.767. The van der Waals surface area contributed by atoms with E-state index < -0.39 is 10.0 Å². The van der Waals surface area contributed by atoms with E-state index in [4.69, 9.17) is 4.74 Å². The van der Waals surface area contributed by atoms with Gasteiger partial charge in [-0.05, 0) is 33.6 Å². The molecule has 0 aliphatic carbocycles. The van der Waals surface area contributed by atoms with Gasteiger partial charge in [0.25, 0.3) is 0 Å². The van der Waals surface area contributed by atoms with Crippen LogP contribution in [0, 0.1) is 0 Å². The first kappa shape index (κ1) is 11.9. The second-order valence-corrected chi connectivity index (χ2v) is 6.64. The Bertz CT molecular complexity index is 278. The molecule has 0 aromatic carbocycles. The molecule has 0 aromatic heterocycles. The normalized spacial score (nSPS) is 28.6. The Labute approximate surface area is 86.1 Å². The second-order valence-electron chi connectivity index (χ2n) is 4.32. The van der Waals surface area contributed by atoms with E-state index >= 15 is 0 Å². The molecule has 0 amide bonds. The third-order valence-corrected chi connectivity index (χ3v) is 4.36. The Morgan fingerprint density at radius 3 is 2.57 bits per heavy atom. The first-order chi connectivity index (χ1) is 6.36. The van der Waals surface area contributed by atoms with Crippen molar-refractivity contribution in [1.29, 1.82) is 0 Å². The topological polar surface area (TPSA) is 55.4 Å². The first-order valence-corrected chi connectivity index (χ1v) is 6.53. The van der Waals surface area contributed by atoms with Crippen LogP contribution in [0.1, 0.15) is 33.6 Å².